The molecule has 2 atom stereocenters. The van der Waals surface area contributed by atoms with E-state index in [9.17, 15) is 0 Å². The van der Waals surface area contributed by atoms with Crippen LogP contribution in [0.2, 0.25) is 0 Å². The molecular weight excluding hydrogens is 224 g/mol. The molecule has 0 saturated carbocycles. The predicted octanol–water partition coefficient (Wildman–Crippen LogP) is 2.26. The van der Waals surface area contributed by atoms with E-state index in [4.69, 9.17) is 4.74 Å². The average molecular weight is 254 g/mol. The molecule has 0 amide bonds. The Morgan fingerprint density at radius 2 is 2.00 bits per heavy atom. The van der Waals surface area contributed by atoms with Crippen molar-refractivity contribution in [2.45, 2.75) is 64.2 Å². The normalized spacial score (nSPS) is 35.0. The van der Waals surface area contributed by atoms with Gasteiger partial charge in [-0.15, -0.1) is 0 Å². The fourth-order valence-electron chi connectivity index (χ4n) is 3.83. The summed E-state index contributed by atoms with van der Waals surface area (Å²) in [5, 5.41) is 3.51. The summed E-state index contributed by atoms with van der Waals surface area (Å²) < 4.78 is 6.20. The second kappa shape index (κ2) is 5.10. The minimum atomic E-state index is -0.0274. The van der Waals surface area contributed by atoms with Gasteiger partial charge in [-0.2, -0.15) is 0 Å². The summed E-state index contributed by atoms with van der Waals surface area (Å²) in [5.74, 6) is 0.809. The molecule has 0 aromatic rings. The molecule has 2 saturated heterocycles. The number of likely N-dealkylation sites (N-methyl/N-ethyl adjacent to an activating group) is 1. The number of nitrogens with one attached hydrogen (secondary N) is 1. The molecule has 0 radical (unpaired) electrons. The molecule has 2 aliphatic rings. The van der Waals surface area contributed by atoms with Crippen LogP contribution in [0.1, 0.15) is 47.0 Å². The minimum Gasteiger partial charge on any atom is -0.368 e. The van der Waals surface area contributed by atoms with Crippen molar-refractivity contribution in [2.24, 2.45) is 5.92 Å². The third kappa shape index (κ3) is 3.25. The van der Waals surface area contributed by atoms with Gasteiger partial charge in [0.2, 0.25) is 0 Å². The summed E-state index contributed by atoms with van der Waals surface area (Å²) in [5.41, 5.74) is -0.00636. The van der Waals surface area contributed by atoms with Crippen molar-refractivity contribution in [1.82, 2.24) is 10.2 Å². The monoisotopic (exact) mass is 254 g/mol. The van der Waals surface area contributed by atoms with Crippen LogP contribution in [0.15, 0.2) is 0 Å². The third-order valence-electron chi connectivity index (χ3n) is 4.50. The molecule has 2 aliphatic heterocycles. The molecule has 2 unspecified atom stereocenters. The highest BCUT2D eigenvalue weighted by molar-refractivity contribution is 4.99. The van der Waals surface area contributed by atoms with Crippen molar-refractivity contribution in [2.75, 3.05) is 26.7 Å². The van der Waals surface area contributed by atoms with E-state index in [1.54, 1.807) is 0 Å². The Balaban J connectivity index is 1.93. The standard InChI is InChI=1S/C15H30N2O/c1-14(2)9-13(15(3,4)18-14)17(5)11-12-7-6-8-16-10-12/h12-13,16H,6-11H2,1-5H3. The minimum absolute atomic E-state index is 0.0211. The van der Waals surface area contributed by atoms with Crippen LogP contribution in [0.4, 0.5) is 0 Å². The van der Waals surface area contributed by atoms with Crippen LogP contribution in [0, 0.1) is 5.92 Å². The second-order valence-electron chi connectivity index (χ2n) is 7.34. The van der Waals surface area contributed by atoms with E-state index in [-0.39, 0.29) is 11.2 Å². The van der Waals surface area contributed by atoms with Crippen molar-refractivity contribution in [3.05, 3.63) is 0 Å². The summed E-state index contributed by atoms with van der Waals surface area (Å²) >= 11 is 0. The zero-order chi connectivity index (χ0) is 13.4. The quantitative estimate of drug-likeness (QED) is 0.836. The van der Waals surface area contributed by atoms with Crippen LogP contribution in [-0.2, 0) is 4.74 Å². The van der Waals surface area contributed by atoms with Crippen molar-refractivity contribution in [1.29, 1.82) is 0 Å². The lowest BCUT2D eigenvalue weighted by Gasteiger charge is -2.36. The fraction of sp³-hybridized carbons (Fsp3) is 1.00. The lowest BCUT2D eigenvalue weighted by molar-refractivity contribution is -0.0795. The lowest BCUT2D eigenvalue weighted by atomic mass is 9.91. The van der Waals surface area contributed by atoms with Gasteiger partial charge in [-0.25, -0.2) is 0 Å². The fourth-order valence-corrected chi connectivity index (χ4v) is 3.83. The van der Waals surface area contributed by atoms with E-state index in [1.807, 2.05) is 0 Å². The molecule has 0 aromatic carbocycles. The van der Waals surface area contributed by atoms with E-state index in [0.29, 0.717) is 6.04 Å². The number of rotatable bonds is 3. The first-order valence-electron chi connectivity index (χ1n) is 7.41. The molecule has 3 heteroatoms. The second-order valence-corrected chi connectivity index (χ2v) is 7.34. The third-order valence-corrected chi connectivity index (χ3v) is 4.50. The van der Waals surface area contributed by atoms with Gasteiger partial charge in [0.25, 0.3) is 0 Å². The maximum Gasteiger partial charge on any atom is 0.0789 e. The highest BCUT2D eigenvalue weighted by Gasteiger charge is 2.47. The summed E-state index contributed by atoms with van der Waals surface area (Å²) in [6.45, 7) is 12.5. The van der Waals surface area contributed by atoms with Gasteiger partial charge in [-0.05, 0) is 73.0 Å². The number of ether oxygens (including phenoxy) is 1. The molecule has 2 heterocycles. The van der Waals surface area contributed by atoms with Gasteiger partial charge in [-0.3, -0.25) is 0 Å². The number of piperidine rings is 1. The van der Waals surface area contributed by atoms with Crippen LogP contribution in [0.25, 0.3) is 0 Å². The van der Waals surface area contributed by atoms with E-state index >= 15 is 0 Å². The Kier molecular flexibility index (Phi) is 4.05. The summed E-state index contributed by atoms with van der Waals surface area (Å²) in [4.78, 5) is 2.53. The SMILES string of the molecule is CN(CC1CCCNC1)C1CC(C)(C)OC1(C)C. The molecule has 2 rings (SSSR count). The number of nitrogens with zero attached hydrogens (tertiary/aromatic N) is 1. The van der Waals surface area contributed by atoms with Crippen LogP contribution in [-0.4, -0.2) is 48.8 Å². The summed E-state index contributed by atoms with van der Waals surface area (Å²) in [6, 6.07) is 0.537. The van der Waals surface area contributed by atoms with Gasteiger partial charge in [0.1, 0.15) is 0 Å². The molecule has 0 bridgehead atoms. The van der Waals surface area contributed by atoms with Crippen molar-refractivity contribution in [3.8, 4) is 0 Å². The van der Waals surface area contributed by atoms with E-state index in [1.165, 1.54) is 32.5 Å². The number of hydrogen-bond donors (Lipinski definition) is 1. The van der Waals surface area contributed by atoms with Crippen LogP contribution in [0.5, 0.6) is 0 Å². The molecule has 3 nitrogen and oxygen atoms in total. The average Bonchev–Trinajstić information content (AvgIpc) is 2.48. The number of hydrogen-bond acceptors (Lipinski definition) is 3. The van der Waals surface area contributed by atoms with Crippen LogP contribution < -0.4 is 5.32 Å². The van der Waals surface area contributed by atoms with Gasteiger partial charge in [0, 0.05) is 12.6 Å². The van der Waals surface area contributed by atoms with Crippen molar-refractivity contribution in [3.63, 3.8) is 0 Å². The van der Waals surface area contributed by atoms with E-state index in [0.717, 1.165) is 12.3 Å². The van der Waals surface area contributed by atoms with Crippen molar-refractivity contribution >= 4 is 0 Å². The summed E-state index contributed by atoms with van der Waals surface area (Å²) in [7, 11) is 2.27. The zero-order valence-corrected chi connectivity index (χ0v) is 12.8. The molecule has 18 heavy (non-hydrogen) atoms. The van der Waals surface area contributed by atoms with Crippen molar-refractivity contribution < 1.29 is 4.74 Å². The highest BCUT2D eigenvalue weighted by atomic mass is 16.5. The lowest BCUT2D eigenvalue weighted by Crippen LogP contribution is -2.48. The van der Waals surface area contributed by atoms with Gasteiger partial charge in [-0.1, -0.05) is 0 Å². The van der Waals surface area contributed by atoms with Crippen LogP contribution in [0.3, 0.4) is 0 Å². The Morgan fingerprint density at radius 3 is 2.50 bits per heavy atom. The summed E-state index contributed by atoms with van der Waals surface area (Å²) in [6.07, 6.45) is 3.83. The molecule has 0 spiro atoms. The molecule has 1 N–H and O–H groups in total. The largest absolute Gasteiger partial charge is 0.368 e. The van der Waals surface area contributed by atoms with Crippen LogP contribution >= 0.6 is 0 Å². The molecule has 0 aromatic heterocycles. The van der Waals surface area contributed by atoms with Gasteiger partial charge in [0.15, 0.2) is 0 Å². The Hall–Kier alpha value is -0.120. The van der Waals surface area contributed by atoms with Gasteiger partial charge < -0.3 is 15.0 Å². The Bertz CT molecular complexity index is 282. The molecular formula is C15H30N2O. The molecule has 106 valence electrons. The zero-order valence-electron chi connectivity index (χ0n) is 12.8. The highest BCUT2D eigenvalue weighted by Crippen LogP contribution is 2.39. The molecule has 0 aliphatic carbocycles. The smallest absolute Gasteiger partial charge is 0.0789 e. The molecule has 2 fully saturated rings. The maximum absolute atomic E-state index is 6.20. The Labute approximate surface area is 112 Å². The Morgan fingerprint density at radius 1 is 1.28 bits per heavy atom. The maximum atomic E-state index is 6.20. The first kappa shape index (κ1) is 14.3. The first-order valence-corrected chi connectivity index (χ1v) is 7.41. The van der Waals surface area contributed by atoms with Gasteiger partial charge >= 0.3 is 0 Å². The topological polar surface area (TPSA) is 24.5 Å². The van der Waals surface area contributed by atoms with E-state index < -0.39 is 0 Å². The van der Waals surface area contributed by atoms with Gasteiger partial charge in [0.05, 0.1) is 11.2 Å². The first-order chi connectivity index (χ1) is 8.30. The van der Waals surface area contributed by atoms with E-state index in [2.05, 4.69) is 45.0 Å². The predicted molar refractivity (Wildman–Crippen MR) is 75.9 cm³/mol.